The molecule has 0 spiro atoms. The van der Waals surface area contributed by atoms with E-state index in [1.54, 1.807) is 13.8 Å². The molecule has 2 nitrogen and oxygen atoms in total. The molecule has 0 amide bonds. The first-order chi connectivity index (χ1) is 4.55. The third kappa shape index (κ3) is 0.778. The molecule has 0 aromatic rings. The number of allylic oxidation sites excluding steroid dienone is 3. The van der Waals surface area contributed by atoms with Gasteiger partial charge in [-0.25, -0.2) is 4.21 Å². The van der Waals surface area contributed by atoms with E-state index in [1.165, 1.54) is 0 Å². The lowest BCUT2D eigenvalue weighted by Crippen LogP contribution is -1.96. The highest BCUT2D eigenvalue weighted by atomic mass is 32.2. The zero-order valence-electron chi connectivity index (χ0n) is 5.93. The van der Waals surface area contributed by atoms with Crippen molar-refractivity contribution >= 4 is 16.6 Å². The number of carbonyl (C=O) groups is 1. The first-order valence-corrected chi connectivity index (χ1v) is 4.03. The molecule has 1 atom stereocenters. The van der Waals surface area contributed by atoms with Crippen LogP contribution in [0.25, 0.3) is 0 Å². The summed E-state index contributed by atoms with van der Waals surface area (Å²) in [7, 11) is -1.24. The Morgan fingerprint density at radius 1 is 1.40 bits per heavy atom. The van der Waals surface area contributed by atoms with Crippen LogP contribution in [0, 0.1) is 0 Å². The van der Waals surface area contributed by atoms with Crippen LogP contribution in [0.15, 0.2) is 22.0 Å². The highest BCUT2D eigenvalue weighted by Crippen LogP contribution is 2.25. The van der Waals surface area contributed by atoms with E-state index in [0.717, 1.165) is 0 Å². The van der Waals surface area contributed by atoms with Gasteiger partial charge in [-0.05, 0) is 13.8 Å². The minimum Gasteiger partial charge on any atom is -0.288 e. The van der Waals surface area contributed by atoms with Crippen molar-refractivity contribution in [3.63, 3.8) is 0 Å². The van der Waals surface area contributed by atoms with Crippen molar-refractivity contribution in [2.24, 2.45) is 0 Å². The van der Waals surface area contributed by atoms with Gasteiger partial charge in [0.25, 0.3) is 0 Å². The predicted octanol–water partition coefficient (Wildman–Crippen LogP) is 1.13. The van der Waals surface area contributed by atoms with Gasteiger partial charge in [-0.2, -0.15) is 0 Å². The van der Waals surface area contributed by atoms with E-state index in [0.29, 0.717) is 10.5 Å². The van der Waals surface area contributed by atoms with E-state index in [-0.39, 0.29) is 10.7 Å². The Bertz CT molecular complexity index is 247. The molecule has 0 aromatic heterocycles. The molecule has 0 aromatic carbocycles. The zero-order valence-corrected chi connectivity index (χ0v) is 6.75. The fraction of sp³-hybridized carbons (Fsp3) is 0.286. The lowest BCUT2D eigenvalue weighted by Gasteiger charge is -1.87. The van der Waals surface area contributed by atoms with Crippen LogP contribution < -0.4 is 0 Å². The van der Waals surface area contributed by atoms with Gasteiger partial charge in [0, 0.05) is 10.5 Å². The molecule has 54 valence electrons. The molecule has 10 heavy (non-hydrogen) atoms. The van der Waals surface area contributed by atoms with Crippen LogP contribution in [0.4, 0.5) is 0 Å². The van der Waals surface area contributed by atoms with E-state index < -0.39 is 10.8 Å². The van der Waals surface area contributed by atoms with Gasteiger partial charge in [-0.1, -0.05) is 6.58 Å². The second-order valence-electron chi connectivity index (χ2n) is 2.20. The summed E-state index contributed by atoms with van der Waals surface area (Å²) in [5.41, 5.74) is 0.586. The van der Waals surface area contributed by atoms with Crippen LogP contribution >= 0.6 is 0 Å². The molecule has 1 aliphatic heterocycles. The number of rotatable bonds is 0. The fourth-order valence-corrected chi connectivity index (χ4v) is 1.84. The van der Waals surface area contributed by atoms with Crippen molar-refractivity contribution in [2.45, 2.75) is 13.8 Å². The molecule has 0 aliphatic carbocycles. The van der Waals surface area contributed by atoms with Crippen molar-refractivity contribution in [3.8, 4) is 0 Å². The predicted molar refractivity (Wildman–Crippen MR) is 40.7 cm³/mol. The normalized spacial score (nSPS) is 26.4. The van der Waals surface area contributed by atoms with Gasteiger partial charge in [0.15, 0.2) is 5.78 Å². The summed E-state index contributed by atoms with van der Waals surface area (Å²) < 4.78 is 11.1. The smallest absolute Gasteiger partial charge is 0.198 e. The van der Waals surface area contributed by atoms with Crippen LogP contribution in [0.3, 0.4) is 0 Å². The van der Waals surface area contributed by atoms with Crippen LogP contribution in [0.2, 0.25) is 0 Å². The van der Waals surface area contributed by atoms with E-state index in [1.807, 2.05) is 0 Å². The van der Waals surface area contributed by atoms with Crippen molar-refractivity contribution < 1.29 is 9.00 Å². The van der Waals surface area contributed by atoms with E-state index in [9.17, 15) is 9.00 Å². The number of hydrogen-bond donors (Lipinski definition) is 0. The molecule has 1 unspecified atom stereocenters. The largest absolute Gasteiger partial charge is 0.288 e. The van der Waals surface area contributed by atoms with Crippen LogP contribution in [0.1, 0.15) is 13.8 Å². The molecule has 1 rings (SSSR count). The second-order valence-corrected chi connectivity index (χ2v) is 3.84. The summed E-state index contributed by atoms with van der Waals surface area (Å²) in [5.74, 6) is -0.157. The third-order valence-electron chi connectivity index (χ3n) is 1.62. The van der Waals surface area contributed by atoms with Crippen molar-refractivity contribution in [1.29, 1.82) is 0 Å². The molecule has 0 bridgehead atoms. The highest BCUT2D eigenvalue weighted by molar-refractivity contribution is 7.94. The Morgan fingerprint density at radius 2 is 1.90 bits per heavy atom. The van der Waals surface area contributed by atoms with Crippen LogP contribution in [0.5, 0.6) is 0 Å². The maximum absolute atomic E-state index is 11.1. The van der Waals surface area contributed by atoms with Gasteiger partial charge >= 0.3 is 0 Å². The monoisotopic (exact) mass is 156 g/mol. The summed E-state index contributed by atoms with van der Waals surface area (Å²) in [6, 6.07) is 0. The average molecular weight is 156 g/mol. The zero-order chi connectivity index (χ0) is 7.89. The number of ketones is 1. The fourth-order valence-electron chi connectivity index (χ4n) is 0.777. The Kier molecular flexibility index (Phi) is 1.60. The number of carbonyl (C=O) groups excluding carboxylic acids is 1. The summed E-state index contributed by atoms with van der Waals surface area (Å²) in [5, 5.41) is 0. The van der Waals surface area contributed by atoms with Crippen molar-refractivity contribution in [2.75, 3.05) is 0 Å². The Balaban J connectivity index is 3.24. The summed E-state index contributed by atoms with van der Waals surface area (Å²) >= 11 is 0. The van der Waals surface area contributed by atoms with Gasteiger partial charge in [0.2, 0.25) is 0 Å². The Hall–Kier alpha value is -0.700. The van der Waals surface area contributed by atoms with Gasteiger partial charge in [-0.15, -0.1) is 0 Å². The Labute approximate surface area is 62.1 Å². The van der Waals surface area contributed by atoms with E-state index in [2.05, 4.69) is 6.58 Å². The molecule has 1 aliphatic rings. The molecule has 0 radical (unpaired) electrons. The highest BCUT2D eigenvalue weighted by Gasteiger charge is 2.27. The maximum atomic E-state index is 11.1. The lowest BCUT2D eigenvalue weighted by molar-refractivity contribution is -0.111. The minimum absolute atomic E-state index is 0.157. The van der Waals surface area contributed by atoms with Gasteiger partial charge in [0.05, 0.1) is 15.7 Å². The Morgan fingerprint density at radius 3 is 2.00 bits per heavy atom. The van der Waals surface area contributed by atoms with Crippen LogP contribution in [-0.4, -0.2) is 9.99 Å². The summed E-state index contributed by atoms with van der Waals surface area (Å²) in [6.07, 6.45) is 0. The van der Waals surface area contributed by atoms with Crippen molar-refractivity contribution in [1.82, 2.24) is 0 Å². The quantitative estimate of drug-likeness (QED) is 0.492. The SMILES string of the molecule is C=C1C(=O)C(C)=C(C)S1=O. The lowest BCUT2D eigenvalue weighted by atomic mass is 10.2. The van der Waals surface area contributed by atoms with Crippen LogP contribution in [-0.2, 0) is 15.6 Å². The van der Waals surface area contributed by atoms with E-state index >= 15 is 0 Å². The minimum atomic E-state index is -1.24. The average Bonchev–Trinajstić information content (AvgIpc) is 2.07. The molecule has 3 heteroatoms. The topological polar surface area (TPSA) is 34.1 Å². The van der Waals surface area contributed by atoms with Crippen molar-refractivity contribution in [3.05, 3.63) is 22.0 Å². The molecule has 0 saturated heterocycles. The maximum Gasteiger partial charge on any atom is 0.198 e. The molecule has 0 saturated carbocycles. The first kappa shape index (κ1) is 7.41. The third-order valence-corrected chi connectivity index (χ3v) is 3.12. The van der Waals surface area contributed by atoms with Gasteiger partial charge in [-0.3, -0.25) is 4.79 Å². The standard InChI is InChI=1S/C7H8O2S/c1-4-5(2)10(9)6(3)7(4)8/h3H2,1-2H3. The summed E-state index contributed by atoms with van der Waals surface area (Å²) in [6.45, 7) is 6.80. The molecule has 0 fully saturated rings. The first-order valence-electron chi connectivity index (χ1n) is 2.88. The van der Waals surface area contributed by atoms with E-state index in [4.69, 9.17) is 0 Å². The molecular weight excluding hydrogens is 148 g/mol. The molecular formula is C7H8O2S. The van der Waals surface area contributed by atoms with Gasteiger partial charge < -0.3 is 0 Å². The number of hydrogen-bond acceptors (Lipinski definition) is 2. The number of Topliss-reactive ketones (excluding diaryl/α,β-unsaturated/α-hetero) is 1. The van der Waals surface area contributed by atoms with Gasteiger partial charge in [0.1, 0.15) is 0 Å². The second kappa shape index (κ2) is 2.16. The molecule has 0 N–H and O–H groups in total. The summed E-state index contributed by atoms with van der Waals surface area (Å²) in [4.78, 5) is 11.8. The molecule has 1 heterocycles.